The highest BCUT2D eigenvalue weighted by molar-refractivity contribution is 5.96. The summed E-state index contributed by atoms with van der Waals surface area (Å²) in [5.74, 6) is -4.22. The van der Waals surface area contributed by atoms with Gasteiger partial charge in [-0.25, -0.2) is 31.5 Å². The molecule has 1 unspecified atom stereocenters. The predicted octanol–water partition coefficient (Wildman–Crippen LogP) is 5.51. The Hall–Kier alpha value is -3.78. The summed E-state index contributed by atoms with van der Waals surface area (Å²) >= 11 is 0. The van der Waals surface area contributed by atoms with Crippen LogP contribution in [0.5, 0.6) is 5.88 Å². The highest BCUT2D eigenvalue weighted by Crippen LogP contribution is 2.71. The first kappa shape index (κ1) is 29.9. The number of carbonyl (C=O) groups is 2. The Kier molecular flexibility index (Phi) is 7.27. The Balaban J connectivity index is 1.11. The smallest absolute Gasteiger partial charge is 0.272 e. The van der Waals surface area contributed by atoms with Gasteiger partial charge in [0.05, 0.1) is 30.2 Å². The molecule has 0 aliphatic heterocycles. The summed E-state index contributed by atoms with van der Waals surface area (Å²) in [5.41, 5.74) is 0.0858. The maximum Gasteiger partial charge on any atom is 0.272 e. The van der Waals surface area contributed by atoms with Crippen molar-refractivity contribution in [1.82, 2.24) is 30.4 Å². The van der Waals surface area contributed by atoms with Gasteiger partial charge in [0.1, 0.15) is 17.5 Å². The van der Waals surface area contributed by atoms with Gasteiger partial charge in [-0.1, -0.05) is 0 Å². The maximum absolute atomic E-state index is 14.1. The molecule has 3 aromatic heterocycles. The highest BCUT2D eigenvalue weighted by atomic mass is 19.3. The lowest BCUT2D eigenvalue weighted by atomic mass is 9.41. The van der Waals surface area contributed by atoms with Gasteiger partial charge in [-0.3, -0.25) is 9.59 Å². The Labute approximate surface area is 254 Å². The number of halogens is 5. The Morgan fingerprint density at radius 3 is 2.42 bits per heavy atom. The zero-order valence-electron chi connectivity index (χ0n) is 24.3. The first-order valence-corrected chi connectivity index (χ1v) is 15.3. The van der Waals surface area contributed by atoms with E-state index in [4.69, 9.17) is 14.2 Å². The van der Waals surface area contributed by atoms with Crippen LogP contribution >= 0.6 is 0 Å². The van der Waals surface area contributed by atoms with Crippen LogP contribution in [0.1, 0.15) is 97.9 Å². The first-order chi connectivity index (χ1) is 21.4. The molecule has 5 aliphatic rings. The molecule has 242 valence electrons. The summed E-state index contributed by atoms with van der Waals surface area (Å²) in [7, 11) is 0. The van der Waals surface area contributed by atoms with Gasteiger partial charge in [0.25, 0.3) is 18.2 Å². The summed E-state index contributed by atoms with van der Waals surface area (Å²) in [6.45, 7) is -0.990. The minimum absolute atomic E-state index is 0.111. The lowest BCUT2D eigenvalue weighted by molar-refractivity contribution is -0.215. The molecular formula is C30H33F5N6O4. The largest absolute Gasteiger partial charge is 0.469 e. The second kappa shape index (κ2) is 10.9. The van der Waals surface area contributed by atoms with E-state index >= 15 is 0 Å². The molecule has 8 rings (SSSR count). The molecule has 15 heteroatoms. The second-order valence-electron chi connectivity index (χ2n) is 13.4. The van der Waals surface area contributed by atoms with Crippen molar-refractivity contribution in [1.29, 1.82) is 0 Å². The molecule has 45 heavy (non-hydrogen) atoms. The van der Waals surface area contributed by atoms with Crippen molar-refractivity contribution in [3.05, 3.63) is 41.5 Å². The Bertz CT molecular complexity index is 1580. The summed E-state index contributed by atoms with van der Waals surface area (Å²) in [6, 6.07) is 0.710. The standard InChI is InChI=1S/C30H33F5N6O4/c31-21(32)12-44-27-19(11-45-40-27)26(43)39-25(17-3-5-30(34,35)6-4-17)20-10-41-22(37-20)7-18(9-36-41)24(16-1-2-16)38-23(42)8-28-13-29(33,14-28)15-28/h7,9-11,16-17,21,24-25H,1-6,8,12-15H2,(H,38,42)(H,39,43)/t24?,25-,28-,29+/m0/s1. The number of amides is 2. The molecular weight excluding hydrogens is 603 g/mol. The lowest BCUT2D eigenvalue weighted by Gasteiger charge is -2.65. The summed E-state index contributed by atoms with van der Waals surface area (Å²) in [6.07, 6.45) is 4.48. The van der Waals surface area contributed by atoms with Crippen molar-refractivity contribution in [3.63, 3.8) is 0 Å². The van der Waals surface area contributed by atoms with Gasteiger partial charge in [0.2, 0.25) is 11.8 Å². The minimum atomic E-state index is -2.81. The van der Waals surface area contributed by atoms with Crippen molar-refractivity contribution < 1.29 is 40.8 Å². The molecule has 2 bridgehead atoms. The van der Waals surface area contributed by atoms with E-state index < -0.39 is 48.4 Å². The van der Waals surface area contributed by atoms with E-state index in [2.05, 4.69) is 20.9 Å². The molecule has 3 aromatic rings. The number of nitrogens with one attached hydrogen (secondary N) is 2. The molecule has 10 nitrogen and oxygen atoms in total. The molecule has 2 N–H and O–H groups in total. The number of carbonyl (C=O) groups excluding carboxylic acids is 2. The third kappa shape index (κ3) is 6.09. The summed E-state index contributed by atoms with van der Waals surface area (Å²) in [4.78, 5) is 30.9. The van der Waals surface area contributed by atoms with Crippen LogP contribution in [0.25, 0.3) is 5.65 Å². The van der Waals surface area contributed by atoms with Gasteiger partial charge in [-0.15, -0.1) is 0 Å². The predicted molar refractivity (Wildman–Crippen MR) is 146 cm³/mol. The van der Waals surface area contributed by atoms with Crippen molar-refractivity contribution >= 4 is 17.5 Å². The molecule has 5 saturated carbocycles. The van der Waals surface area contributed by atoms with Crippen LogP contribution in [-0.4, -0.2) is 56.2 Å². The van der Waals surface area contributed by atoms with Crippen LogP contribution in [-0.2, 0) is 4.79 Å². The monoisotopic (exact) mass is 636 g/mol. The molecule has 2 amide bonds. The number of hydrogen-bond donors (Lipinski definition) is 2. The minimum Gasteiger partial charge on any atom is -0.469 e. The van der Waals surface area contributed by atoms with Crippen molar-refractivity contribution in [2.24, 2.45) is 17.3 Å². The van der Waals surface area contributed by atoms with Crippen LogP contribution < -0.4 is 15.4 Å². The molecule has 2 atom stereocenters. The number of fused-ring (bicyclic) bond motifs is 1. The molecule has 0 aromatic carbocycles. The van der Waals surface area contributed by atoms with Crippen LogP contribution in [0.3, 0.4) is 0 Å². The number of alkyl halides is 5. The van der Waals surface area contributed by atoms with Gasteiger partial charge in [-0.05, 0) is 79.0 Å². The molecule has 0 saturated heterocycles. The number of rotatable bonds is 12. The first-order valence-electron chi connectivity index (χ1n) is 15.3. The van der Waals surface area contributed by atoms with Crippen molar-refractivity contribution in [2.75, 3.05) is 6.61 Å². The van der Waals surface area contributed by atoms with Gasteiger partial charge in [0, 0.05) is 19.3 Å². The Morgan fingerprint density at radius 1 is 1.04 bits per heavy atom. The third-order valence-corrected chi connectivity index (χ3v) is 9.71. The van der Waals surface area contributed by atoms with Gasteiger partial charge in [-0.2, -0.15) is 5.10 Å². The normalized spacial score (nSPS) is 27.0. The topological polar surface area (TPSA) is 124 Å². The average molecular weight is 637 g/mol. The van der Waals surface area contributed by atoms with Gasteiger partial charge in [0.15, 0.2) is 12.3 Å². The van der Waals surface area contributed by atoms with Crippen molar-refractivity contribution in [3.8, 4) is 5.88 Å². The van der Waals surface area contributed by atoms with E-state index in [0.29, 0.717) is 37.0 Å². The maximum atomic E-state index is 14.1. The third-order valence-electron chi connectivity index (χ3n) is 9.71. The number of nitrogens with zero attached hydrogens (tertiary/aromatic N) is 4. The van der Waals surface area contributed by atoms with Crippen molar-refractivity contribution in [2.45, 2.75) is 94.3 Å². The van der Waals surface area contributed by atoms with E-state index in [9.17, 15) is 31.5 Å². The number of hydrogen-bond acceptors (Lipinski definition) is 7. The molecule has 0 spiro atoms. The molecule has 5 aliphatic carbocycles. The number of imidazole rings is 1. The van der Waals surface area contributed by atoms with Gasteiger partial charge < -0.3 is 19.9 Å². The van der Waals surface area contributed by atoms with Crippen LogP contribution in [0.2, 0.25) is 0 Å². The quantitative estimate of drug-likeness (QED) is 0.252. The van der Waals surface area contributed by atoms with E-state index in [1.165, 1.54) is 4.52 Å². The fourth-order valence-corrected chi connectivity index (χ4v) is 7.42. The van der Waals surface area contributed by atoms with Crippen LogP contribution in [0, 0.1) is 17.3 Å². The van der Waals surface area contributed by atoms with E-state index in [-0.39, 0.29) is 54.5 Å². The zero-order chi connectivity index (χ0) is 31.6. The van der Waals surface area contributed by atoms with E-state index in [1.54, 1.807) is 12.4 Å². The lowest BCUT2D eigenvalue weighted by Crippen LogP contribution is -2.65. The SMILES string of the molecule is O=C(C[C@]12C[C@@](F)(C1)C2)NC(c1cnn2cc([C@@H](NC(=O)c3conc3OCC(F)F)C3CCC(F)(F)CC3)nc2c1)C1CC1. The molecule has 0 radical (unpaired) electrons. The zero-order valence-corrected chi connectivity index (χ0v) is 24.3. The fraction of sp³-hybridized carbons (Fsp3) is 0.633. The average Bonchev–Trinajstić information content (AvgIpc) is 3.52. The van der Waals surface area contributed by atoms with Gasteiger partial charge >= 0.3 is 0 Å². The number of aromatic nitrogens is 4. The number of ether oxygens (including phenoxy) is 1. The van der Waals surface area contributed by atoms with Crippen LogP contribution in [0.15, 0.2) is 29.2 Å². The van der Waals surface area contributed by atoms with E-state index in [0.717, 1.165) is 24.7 Å². The molecule has 5 fully saturated rings. The second-order valence-corrected chi connectivity index (χ2v) is 13.4. The Morgan fingerprint density at radius 2 is 1.76 bits per heavy atom. The fourth-order valence-electron chi connectivity index (χ4n) is 7.42. The van der Waals surface area contributed by atoms with Crippen LogP contribution in [0.4, 0.5) is 22.0 Å². The van der Waals surface area contributed by atoms with E-state index in [1.807, 2.05) is 6.07 Å². The summed E-state index contributed by atoms with van der Waals surface area (Å²) in [5, 5.41) is 13.9. The molecule has 3 heterocycles. The highest BCUT2D eigenvalue weighted by Gasteiger charge is 2.69. The summed E-state index contributed by atoms with van der Waals surface area (Å²) < 4.78 is 78.6.